The van der Waals surface area contributed by atoms with Crippen LogP contribution in [0.15, 0.2) is 53.4 Å². The first-order valence-corrected chi connectivity index (χ1v) is 10.5. The number of benzene rings is 2. The molecule has 154 valence electrons. The molecule has 1 aliphatic rings. The van der Waals surface area contributed by atoms with E-state index >= 15 is 0 Å². The molecule has 0 aromatic heterocycles. The van der Waals surface area contributed by atoms with E-state index in [2.05, 4.69) is 5.32 Å². The molecule has 10 heteroatoms. The molecule has 1 fully saturated rings. The number of nitro benzene ring substituents is 1. The van der Waals surface area contributed by atoms with Gasteiger partial charge in [-0.2, -0.15) is 0 Å². The number of hydrogen-bond donors (Lipinski definition) is 1. The van der Waals surface area contributed by atoms with Crippen LogP contribution in [0.4, 0.5) is 11.4 Å². The minimum atomic E-state index is -0.555. The maximum Gasteiger partial charge on any atom is 0.292 e. The summed E-state index contributed by atoms with van der Waals surface area (Å²) in [7, 11) is 0. The number of halogens is 1. The highest BCUT2D eigenvalue weighted by Gasteiger charge is 2.31. The molecule has 0 saturated carbocycles. The number of nitrogens with zero attached hydrogens (tertiary/aromatic N) is 2. The molecule has 2 aromatic rings. The summed E-state index contributed by atoms with van der Waals surface area (Å²) in [5.41, 5.74) is 0.691. The number of nitrogens with one attached hydrogen (secondary N) is 1. The van der Waals surface area contributed by atoms with Crippen molar-refractivity contribution in [1.29, 1.82) is 0 Å². The molecule has 0 radical (unpaired) electrons. The van der Waals surface area contributed by atoms with Gasteiger partial charge in [-0.15, -0.1) is 0 Å². The van der Waals surface area contributed by atoms with Gasteiger partial charge in [0.15, 0.2) is 0 Å². The van der Waals surface area contributed by atoms with Gasteiger partial charge in [-0.25, -0.2) is 0 Å². The number of hydrogen-bond acceptors (Lipinski definition) is 6. The van der Waals surface area contributed by atoms with Crippen LogP contribution < -0.4 is 5.32 Å². The van der Waals surface area contributed by atoms with Crippen LogP contribution in [0.1, 0.15) is 18.4 Å². The van der Waals surface area contributed by atoms with Crippen LogP contribution in [0, 0.1) is 10.1 Å². The van der Waals surface area contributed by atoms with E-state index in [9.17, 15) is 19.7 Å². The Kier molecular flexibility index (Phi) is 7.20. The number of carbonyl (C=O) groups is 2. The molecule has 1 aliphatic heterocycles. The van der Waals surface area contributed by atoms with E-state index in [0.717, 1.165) is 5.56 Å². The molecule has 2 amide bonds. The summed E-state index contributed by atoms with van der Waals surface area (Å²) in [5, 5.41) is 14.1. The maximum absolute atomic E-state index is 12.6. The first-order valence-electron chi connectivity index (χ1n) is 8.90. The first kappa shape index (κ1) is 21.9. The number of thiocarbonyl (C=S) groups is 1. The Labute approximate surface area is 187 Å². The maximum atomic E-state index is 12.6. The van der Waals surface area contributed by atoms with Crippen molar-refractivity contribution in [3.05, 3.63) is 74.1 Å². The van der Waals surface area contributed by atoms with Gasteiger partial charge in [-0.3, -0.25) is 24.6 Å². The number of para-hydroxylation sites is 2. The van der Waals surface area contributed by atoms with Gasteiger partial charge in [-0.05, 0) is 30.2 Å². The van der Waals surface area contributed by atoms with Crippen LogP contribution in [-0.2, 0) is 9.59 Å². The van der Waals surface area contributed by atoms with Crippen molar-refractivity contribution in [3.8, 4) is 0 Å². The van der Waals surface area contributed by atoms with Gasteiger partial charge in [0.2, 0.25) is 5.91 Å². The number of nitro groups is 1. The molecular formula is C20H16ClN3O4S2. The lowest BCUT2D eigenvalue weighted by Crippen LogP contribution is -2.29. The predicted octanol–water partition coefficient (Wildman–Crippen LogP) is 4.87. The van der Waals surface area contributed by atoms with E-state index in [4.69, 9.17) is 23.8 Å². The molecule has 2 aromatic carbocycles. The lowest BCUT2D eigenvalue weighted by Gasteiger charge is -2.14. The van der Waals surface area contributed by atoms with E-state index in [-0.39, 0.29) is 36.2 Å². The molecule has 1 heterocycles. The smallest absolute Gasteiger partial charge is 0.292 e. The lowest BCUT2D eigenvalue weighted by molar-refractivity contribution is -0.383. The van der Waals surface area contributed by atoms with E-state index in [1.807, 2.05) is 12.1 Å². The normalized spacial score (nSPS) is 15.0. The molecule has 3 rings (SSSR count). The molecule has 0 atom stereocenters. The topological polar surface area (TPSA) is 92.6 Å². The van der Waals surface area contributed by atoms with Crippen LogP contribution in [-0.4, -0.2) is 32.5 Å². The highest BCUT2D eigenvalue weighted by Crippen LogP contribution is 2.34. The van der Waals surface area contributed by atoms with E-state index in [1.165, 1.54) is 34.9 Å². The quantitative estimate of drug-likeness (QED) is 0.274. The van der Waals surface area contributed by atoms with Gasteiger partial charge in [0.05, 0.1) is 9.83 Å². The van der Waals surface area contributed by atoms with Crippen molar-refractivity contribution in [2.24, 2.45) is 0 Å². The third kappa shape index (κ3) is 5.24. The van der Waals surface area contributed by atoms with Crippen LogP contribution in [0.3, 0.4) is 0 Å². The Bertz CT molecular complexity index is 1060. The summed E-state index contributed by atoms with van der Waals surface area (Å²) in [4.78, 5) is 37.2. The average molecular weight is 462 g/mol. The fourth-order valence-corrected chi connectivity index (χ4v) is 4.26. The van der Waals surface area contributed by atoms with Gasteiger partial charge in [0, 0.05) is 24.1 Å². The SMILES string of the molecule is O=C(CCCN1C(=O)C(=Cc2ccccc2Cl)SC1=S)Nc1ccccc1[N+](=O)[O-]. The summed E-state index contributed by atoms with van der Waals surface area (Å²) < 4.78 is 0.414. The lowest BCUT2D eigenvalue weighted by atomic mass is 10.2. The zero-order valence-electron chi connectivity index (χ0n) is 15.5. The minimum Gasteiger partial charge on any atom is -0.320 e. The Hall–Kier alpha value is -2.75. The van der Waals surface area contributed by atoms with Crippen molar-refractivity contribution in [3.63, 3.8) is 0 Å². The fraction of sp³-hybridized carbons (Fsp3) is 0.150. The summed E-state index contributed by atoms with van der Waals surface area (Å²) >= 11 is 12.6. The predicted molar refractivity (Wildman–Crippen MR) is 122 cm³/mol. The molecule has 0 aliphatic carbocycles. The Morgan fingerprint density at radius 1 is 1.23 bits per heavy atom. The Balaban J connectivity index is 1.57. The average Bonchev–Trinajstić information content (AvgIpc) is 2.97. The van der Waals surface area contributed by atoms with Crippen LogP contribution in [0.25, 0.3) is 6.08 Å². The van der Waals surface area contributed by atoms with E-state index in [1.54, 1.807) is 24.3 Å². The largest absolute Gasteiger partial charge is 0.320 e. The molecule has 0 spiro atoms. The van der Waals surface area contributed by atoms with Gasteiger partial charge in [0.25, 0.3) is 11.6 Å². The number of carbonyl (C=O) groups excluding carboxylic acids is 2. The Morgan fingerprint density at radius 2 is 1.93 bits per heavy atom. The molecule has 7 nitrogen and oxygen atoms in total. The summed E-state index contributed by atoms with van der Waals surface area (Å²) in [5.74, 6) is -0.606. The van der Waals surface area contributed by atoms with Crippen LogP contribution >= 0.6 is 35.6 Å². The second-order valence-corrected chi connectivity index (χ2v) is 8.36. The molecule has 0 bridgehead atoms. The highest BCUT2D eigenvalue weighted by molar-refractivity contribution is 8.26. The van der Waals surface area contributed by atoms with Crippen molar-refractivity contribution in [1.82, 2.24) is 4.90 Å². The molecule has 0 unspecified atom stereocenters. The van der Waals surface area contributed by atoms with Gasteiger partial charge < -0.3 is 5.32 Å². The van der Waals surface area contributed by atoms with Gasteiger partial charge >= 0.3 is 0 Å². The van der Waals surface area contributed by atoms with E-state index < -0.39 is 4.92 Å². The zero-order chi connectivity index (χ0) is 21.7. The van der Waals surface area contributed by atoms with Gasteiger partial charge in [0.1, 0.15) is 10.0 Å². The van der Waals surface area contributed by atoms with Gasteiger partial charge in [-0.1, -0.05) is 65.9 Å². The number of amides is 2. The summed E-state index contributed by atoms with van der Waals surface area (Å²) in [6.45, 7) is 0.273. The van der Waals surface area contributed by atoms with Crippen molar-refractivity contribution >= 4 is 69.2 Å². The molecule has 30 heavy (non-hydrogen) atoms. The molecule has 1 saturated heterocycles. The number of rotatable bonds is 7. The van der Waals surface area contributed by atoms with Crippen molar-refractivity contribution in [2.45, 2.75) is 12.8 Å². The monoisotopic (exact) mass is 461 g/mol. The minimum absolute atomic E-state index is 0.0900. The van der Waals surface area contributed by atoms with E-state index in [0.29, 0.717) is 20.7 Å². The van der Waals surface area contributed by atoms with Crippen LogP contribution in [0.5, 0.6) is 0 Å². The second kappa shape index (κ2) is 9.84. The van der Waals surface area contributed by atoms with Crippen molar-refractivity contribution < 1.29 is 14.5 Å². The summed E-state index contributed by atoms with van der Waals surface area (Å²) in [6, 6.07) is 13.1. The third-order valence-corrected chi connectivity index (χ3v) is 5.95. The third-order valence-electron chi connectivity index (χ3n) is 4.23. The second-order valence-electron chi connectivity index (χ2n) is 6.28. The fourth-order valence-electron chi connectivity index (χ4n) is 2.78. The molecular weight excluding hydrogens is 446 g/mol. The number of anilines is 1. The summed E-state index contributed by atoms with van der Waals surface area (Å²) in [6.07, 6.45) is 2.15. The Morgan fingerprint density at radius 3 is 2.67 bits per heavy atom. The number of thioether (sulfide) groups is 1. The van der Waals surface area contributed by atoms with Crippen molar-refractivity contribution in [2.75, 3.05) is 11.9 Å². The highest BCUT2D eigenvalue weighted by atomic mass is 35.5. The zero-order valence-corrected chi connectivity index (χ0v) is 17.9. The first-order chi connectivity index (χ1) is 14.4. The van der Waals surface area contributed by atoms with Crippen LogP contribution in [0.2, 0.25) is 5.02 Å². The standard InChI is InChI=1S/C20H16ClN3O4S2/c21-14-7-2-1-6-13(14)12-17-19(26)23(20(29)30-17)11-5-10-18(25)22-15-8-3-4-9-16(15)24(27)28/h1-4,6-9,12H,5,10-11H2,(H,22,25). The molecule has 1 N–H and O–H groups in total.